The van der Waals surface area contributed by atoms with Crippen LogP contribution in [0.2, 0.25) is 0 Å². The van der Waals surface area contributed by atoms with Crippen molar-refractivity contribution in [1.29, 1.82) is 0 Å². The van der Waals surface area contributed by atoms with Crippen molar-refractivity contribution in [1.82, 2.24) is 5.32 Å². The molecule has 0 aliphatic carbocycles. The first kappa shape index (κ1) is 19.0. The molecule has 0 saturated heterocycles. The van der Waals surface area contributed by atoms with E-state index in [0.717, 1.165) is 5.92 Å². The fraction of sp³-hybridized carbons (Fsp3) is 1.00. The van der Waals surface area contributed by atoms with E-state index in [1.165, 1.54) is 77.2 Å². The summed E-state index contributed by atoms with van der Waals surface area (Å²) in [6.07, 6.45) is 15.4. The van der Waals surface area contributed by atoms with Crippen LogP contribution in [-0.4, -0.2) is 12.6 Å². The summed E-state index contributed by atoms with van der Waals surface area (Å²) in [5.41, 5.74) is 0. The van der Waals surface area contributed by atoms with Gasteiger partial charge < -0.3 is 5.32 Å². The van der Waals surface area contributed by atoms with Crippen molar-refractivity contribution < 1.29 is 0 Å². The molecular formula is C18H39N. The molecule has 0 heterocycles. The molecule has 0 rings (SSSR count). The van der Waals surface area contributed by atoms with Crippen LogP contribution >= 0.6 is 0 Å². The largest absolute Gasteiger partial charge is 0.314 e. The zero-order chi connectivity index (χ0) is 14.3. The highest BCUT2D eigenvalue weighted by molar-refractivity contribution is 4.61. The molecule has 0 spiro atoms. The highest BCUT2D eigenvalue weighted by Gasteiger charge is 2.01. The Morgan fingerprint density at radius 1 is 0.684 bits per heavy atom. The number of hydrogen-bond acceptors (Lipinski definition) is 1. The van der Waals surface area contributed by atoms with Gasteiger partial charge in [0, 0.05) is 6.04 Å². The first-order chi connectivity index (χ1) is 9.16. The molecule has 0 bridgehead atoms. The van der Waals surface area contributed by atoms with Crippen LogP contribution in [0.3, 0.4) is 0 Å². The lowest BCUT2D eigenvalue weighted by atomic mass is 10.0. The molecular weight excluding hydrogens is 230 g/mol. The van der Waals surface area contributed by atoms with E-state index in [9.17, 15) is 0 Å². The normalized spacial score (nSPS) is 13.1. The van der Waals surface area contributed by atoms with Crippen LogP contribution in [-0.2, 0) is 0 Å². The van der Waals surface area contributed by atoms with Crippen molar-refractivity contribution in [3.8, 4) is 0 Å². The van der Waals surface area contributed by atoms with E-state index in [1.807, 2.05) is 0 Å². The van der Waals surface area contributed by atoms with Gasteiger partial charge in [0.05, 0.1) is 0 Å². The van der Waals surface area contributed by atoms with Crippen LogP contribution in [0.25, 0.3) is 0 Å². The van der Waals surface area contributed by atoms with Crippen molar-refractivity contribution in [3.63, 3.8) is 0 Å². The minimum Gasteiger partial charge on any atom is -0.314 e. The first-order valence-electron chi connectivity index (χ1n) is 8.90. The van der Waals surface area contributed by atoms with Gasteiger partial charge in [-0.25, -0.2) is 0 Å². The van der Waals surface area contributed by atoms with E-state index in [2.05, 4.69) is 33.0 Å². The van der Waals surface area contributed by atoms with Gasteiger partial charge in [0.2, 0.25) is 0 Å². The Morgan fingerprint density at radius 3 is 1.84 bits per heavy atom. The topological polar surface area (TPSA) is 12.0 Å². The van der Waals surface area contributed by atoms with Crippen molar-refractivity contribution in [2.24, 2.45) is 5.92 Å². The van der Waals surface area contributed by atoms with Crippen LogP contribution in [0.5, 0.6) is 0 Å². The molecule has 0 aliphatic heterocycles. The summed E-state index contributed by atoms with van der Waals surface area (Å²) in [6, 6.07) is 0.711. The summed E-state index contributed by atoms with van der Waals surface area (Å²) in [5, 5.41) is 3.67. The van der Waals surface area contributed by atoms with Gasteiger partial charge in [0.25, 0.3) is 0 Å². The molecule has 1 atom stereocenters. The molecule has 0 fully saturated rings. The van der Waals surface area contributed by atoms with Crippen LogP contribution in [0.15, 0.2) is 0 Å². The molecule has 1 N–H and O–H groups in total. The lowest BCUT2D eigenvalue weighted by Gasteiger charge is -2.14. The molecule has 0 aromatic carbocycles. The lowest BCUT2D eigenvalue weighted by molar-refractivity contribution is 0.449. The van der Waals surface area contributed by atoms with Gasteiger partial charge in [0.15, 0.2) is 0 Å². The average Bonchev–Trinajstić information content (AvgIpc) is 2.36. The Balaban J connectivity index is 3.12. The molecule has 0 saturated carbocycles. The van der Waals surface area contributed by atoms with Crippen molar-refractivity contribution in [2.45, 2.75) is 104 Å². The Hall–Kier alpha value is -0.0400. The summed E-state index contributed by atoms with van der Waals surface area (Å²) in [7, 11) is 0. The van der Waals surface area contributed by atoms with E-state index in [-0.39, 0.29) is 0 Å². The quantitative estimate of drug-likeness (QED) is 0.385. The minimum absolute atomic E-state index is 0.711. The van der Waals surface area contributed by atoms with E-state index in [4.69, 9.17) is 0 Å². The molecule has 0 aromatic heterocycles. The molecule has 19 heavy (non-hydrogen) atoms. The van der Waals surface area contributed by atoms with Gasteiger partial charge in [0.1, 0.15) is 0 Å². The van der Waals surface area contributed by atoms with Crippen LogP contribution < -0.4 is 5.32 Å². The summed E-state index contributed by atoms with van der Waals surface area (Å²) in [4.78, 5) is 0. The highest BCUT2D eigenvalue weighted by Crippen LogP contribution is 2.09. The summed E-state index contributed by atoms with van der Waals surface area (Å²) >= 11 is 0. The van der Waals surface area contributed by atoms with Crippen LogP contribution in [0.4, 0.5) is 0 Å². The predicted molar refractivity (Wildman–Crippen MR) is 88.8 cm³/mol. The third kappa shape index (κ3) is 15.9. The monoisotopic (exact) mass is 269 g/mol. The van der Waals surface area contributed by atoms with Gasteiger partial charge in [-0.15, -0.1) is 0 Å². The third-order valence-electron chi connectivity index (χ3n) is 3.94. The van der Waals surface area contributed by atoms with Gasteiger partial charge in [-0.3, -0.25) is 0 Å². The van der Waals surface area contributed by atoms with Gasteiger partial charge >= 0.3 is 0 Å². The van der Waals surface area contributed by atoms with E-state index in [1.54, 1.807) is 0 Å². The Bertz CT molecular complexity index is 165. The standard InChI is InChI=1S/C18H39N/c1-5-6-7-8-9-10-11-12-16-19-18(4)15-13-14-17(2)3/h17-19H,5-16H2,1-4H3. The Labute approximate surface area is 122 Å². The number of unbranched alkanes of at least 4 members (excludes halogenated alkanes) is 7. The Kier molecular flexibility index (Phi) is 14.3. The zero-order valence-electron chi connectivity index (χ0n) is 14.1. The molecule has 116 valence electrons. The van der Waals surface area contributed by atoms with Gasteiger partial charge in [-0.2, -0.15) is 0 Å². The fourth-order valence-electron chi connectivity index (χ4n) is 2.54. The summed E-state index contributed by atoms with van der Waals surface area (Å²) in [6.45, 7) is 10.5. The molecule has 0 aliphatic rings. The van der Waals surface area contributed by atoms with E-state index < -0.39 is 0 Å². The molecule has 0 amide bonds. The van der Waals surface area contributed by atoms with Crippen LogP contribution in [0.1, 0.15) is 98.3 Å². The molecule has 0 radical (unpaired) electrons. The third-order valence-corrected chi connectivity index (χ3v) is 3.94. The summed E-state index contributed by atoms with van der Waals surface area (Å²) in [5.74, 6) is 0.861. The second-order valence-electron chi connectivity index (χ2n) is 6.65. The zero-order valence-corrected chi connectivity index (χ0v) is 14.1. The molecule has 1 nitrogen and oxygen atoms in total. The van der Waals surface area contributed by atoms with E-state index in [0.29, 0.717) is 6.04 Å². The van der Waals surface area contributed by atoms with Gasteiger partial charge in [-0.05, 0) is 32.2 Å². The minimum atomic E-state index is 0.711. The maximum Gasteiger partial charge on any atom is 0.00387 e. The molecule has 0 aromatic rings. The van der Waals surface area contributed by atoms with Crippen molar-refractivity contribution in [2.75, 3.05) is 6.54 Å². The smallest absolute Gasteiger partial charge is 0.00387 e. The number of nitrogens with one attached hydrogen (secondary N) is 1. The van der Waals surface area contributed by atoms with Crippen molar-refractivity contribution in [3.05, 3.63) is 0 Å². The average molecular weight is 270 g/mol. The second-order valence-corrected chi connectivity index (χ2v) is 6.65. The maximum atomic E-state index is 3.67. The highest BCUT2D eigenvalue weighted by atomic mass is 14.9. The lowest BCUT2D eigenvalue weighted by Crippen LogP contribution is -2.26. The van der Waals surface area contributed by atoms with Crippen molar-refractivity contribution >= 4 is 0 Å². The van der Waals surface area contributed by atoms with Gasteiger partial charge in [-0.1, -0.05) is 78.6 Å². The Morgan fingerprint density at radius 2 is 1.26 bits per heavy atom. The van der Waals surface area contributed by atoms with E-state index >= 15 is 0 Å². The first-order valence-corrected chi connectivity index (χ1v) is 8.90. The summed E-state index contributed by atoms with van der Waals surface area (Å²) < 4.78 is 0. The molecule has 1 unspecified atom stereocenters. The SMILES string of the molecule is CCCCCCCCCCNC(C)CCCC(C)C. The number of hydrogen-bond donors (Lipinski definition) is 1. The second kappa shape index (κ2) is 14.4. The van der Waals surface area contributed by atoms with Crippen LogP contribution in [0, 0.1) is 5.92 Å². The molecule has 1 heteroatoms. The fourth-order valence-corrected chi connectivity index (χ4v) is 2.54. The maximum absolute atomic E-state index is 3.67. The number of rotatable bonds is 14. The predicted octanol–water partition coefficient (Wildman–Crippen LogP) is 5.93.